The molecule has 11 nitrogen and oxygen atoms in total. The van der Waals surface area contributed by atoms with Crippen molar-refractivity contribution in [1.29, 1.82) is 0 Å². The van der Waals surface area contributed by atoms with Crippen molar-refractivity contribution >= 4 is 40.8 Å². The minimum Gasteiger partial charge on any atom is -0.423 e. The van der Waals surface area contributed by atoms with Crippen LogP contribution < -0.4 is 32.6 Å². The van der Waals surface area contributed by atoms with Gasteiger partial charge in [-0.25, -0.2) is 9.78 Å². The SMILES string of the molecule is Nc1ccc(NC(=O)CNC(=O)c2ccccc2)nc1N.Nc1ccccc1OC(=O)CO. The maximum Gasteiger partial charge on any atom is 0.337 e. The summed E-state index contributed by atoms with van der Waals surface area (Å²) in [6, 6.07) is 18.3. The van der Waals surface area contributed by atoms with Crippen molar-refractivity contribution in [2.75, 3.05) is 35.7 Å². The van der Waals surface area contributed by atoms with Gasteiger partial charge in [-0.15, -0.1) is 0 Å². The Morgan fingerprint density at radius 3 is 2.18 bits per heavy atom. The van der Waals surface area contributed by atoms with Gasteiger partial charge >= 0.3 is 5.97 Å². The minimum atomic E-state index is -0.715. The van der Waals surface area contributed by atoms with Gasteiger partial charge in [0.2, 0.25) is 5.91 Å². The minimum absolute atomic E-state index is 0.140. The van der Waals surface area contributed by atoms with Crippen molar-refractivity contribution in [2.24, 2.45) is 0 Å². The van der Waals surface area contributed by atoms with Crippen molar-refractivity contribution in [3.63, 3.8) is 0 Å². The van der Waals surface area contributed by atoms with Crippen LogP contribution >= 0.6 is 0 Å². The first-order chi connectivity index (χ1) is 15.8. The Morgan fingerprint density at radius 2 is 1.55 bits per heavy atom. The zero-order valence-corrected chi connectivity index (χ0v) is 17.5. The number of hydrogen-bond acceptors (Lipinski definition) is 9. The van der Waals surface area contributed by atoms with E-state index in [4.69, 9.17) is 22.3 Å². The number of ether oxygens (including phenoxy) is 1. The zero-order valence-electron chi connectivity index (χ0n) is 17.5. The molecule has 0 aliphatic carbocycles. The molecule has 0 fully saturated rings. The standard InChI is InChI=1S/C14H15N5O2.C8H9NO3/c15-10-6-7-11(19-13(10)16)18-12(20)8-17-14(21)9-4-2-1-3-5-9;9-6-3-1-2-4-7(6)12-8(11)5-10/h1-7H,8,15H2,(H,17,21)(H3,16,18,19,20);1-4,10H,5,9H2. The van der Waals surface area contributed by atoms with E-state index in [9.17, 15) is 14.4 Å². The average Bonchev–Trinajstić information content (AvgIpc) is 2.82. The second-order valence-corrected chi connectivity index (χ2v) is 6.44. The highest BCUT2D eigenvalue weighted by Gasteiger charge is 2.09. The van der Waals surface area contributed by atoms with Crippen molar-refractivity contribution in [3.8, 4) is 5.75 Å². The quantitative estimate of drug-likeness (QED) is 0.178. The number of aliphatic hydroxyl groups excluding tert-OH is 1. The van der Waals surface area contributed by atoms with Crippen LogP contribution in [0.3, 0.4) is 0 Å². The molecule has 0 atom stereocenters. The van der Waals surface area contributed by atoms with Gasteiger partial charge in [-0.1, -0.05) is 30.3 Å². The number of anilines is 4. The van der Waals surface area contributed by atoms with E-state index in [1.54, 1.807) is 60.7 Å². The molecule has 33 heavy (non-hydrogen) atoms. The number of nitrogens with zero attached hydrogens (tertiary/aromatic N) is 1. The molecule has 1 heterocycles. The smallest absolute Gasteiger partial charge is 0.337 e. The molecule has 0 spiro atoms. The summed E-state index contributed by atoms with van der Waals surface area (Å²) in [6.07, 6.45) is 0. The number of carbonyl (C=O) groups is 3. The van der Waals surface area contributed by atoms with E-state index < -0.39 is 18.5 Å². The number of rotatable bonds is 6. The third kappa shape index (κ3) is 8.19. The summed E-state index contributed by atoms with van der Waals surface area (Å²) >= 11 is 0. The lowest BCUT2D eigenvalue weighted by atomic mass is 10.2. The molecule has 0 radical (unpaired) electrons. The highest BCUT2D eigenvalue weighted by molar-refractivity contribution is 5.99. The highest BCUT2D eigenvalue weighted by atomic mass is 16.5. The van der Waals surface area contributed by atoms with Crippen molar-refractivity contribution in [1.82, 2.24) is 10.3 Å². The summed E-state index contributed by atoms with van der Waals surface area (Å²) < 4.78 is 4.68. The Kier molecular flexibility index (Phi) is 9.16. The third-order valence-corrected chi connectivity index (χ3v) is 3.94. The Hall–Kier alpha value is -4.64. The predicted octanol–water partition coefficient (Wildman–Crippen LogP) is 0.781. The zero-order chi connectivity index (χ0) is 24.2. The van der Waals surface area contributed by atoms with E-state index in [-0.39, 0.29) is 29.8 Å². The van der Waals surface area contributed by atoms with Crippen LogP contribution in [-0.2, 0) is 9.59 Å². The number of nitrogens with two attached hydrogens (primary N) is 3. The lowest BCUT2D eigenvalue weighted by Crippen LogP contribution is -2.33. The van der Waals surface area contributed by atoms with E-state index in [0.717, 1.165) is 0 Å². The number of benzene rings is 2. The fourth-order valence-corrected chi connectivity index (χ4v) is 2.32. The molecule has 0 bridgehead atoms. The third-order valence-electron chi connectivity index (χ3n) is 3.94. The lowest BCUT2D eigenvalue weighted by molar-refractivity contribution is -0.137. The summed E-state index contributed by atoms with van der Waals surface area (Å²) in [6.45, 7) is -0.811. The van der Waals surface area contributed by atoms with Gasteiger partial charge in [0.05, 0.1) is 17.9 Å². The molecule has 0 aliphatic heterocycles. The van der Waals surface area contributed by atoms with Crippen LogP contribution in [0.25, 0.3) is 0 Å². The monoisotopic (exact) mass is 452 g/mol. The molecule has 3 aromatic rings. The number of carbonyl (C=O) groups excluding carboxylic acids is 3. The Balaban J connectivity index is 0.000000273. The summed E-state index contributed by atoms with van der Waals surface area (Å²) in [4.78, 5) is 38.0. The van der Waals surface area contributed by atoms with Crippen molar-refractivity contribution in [2.45, 2.75) is 0 Å². The summed E-state index contributed by atoms with van der Waals surface area (Å²) in [5.74, 6) is -0.752. The average molecular weight is 452 g/mol. The number of pyridine rings is 1. The maximum atomic E-state index is 11.8. The number of aliphatic hydroxyl groups is 1. The Morgan fingerprint density at radius 1 is 0.879 bits per heavy atom. The summed E-state index contributed by atoms with van der Waals surface area (Å²) in [5, 5.41) is 13.4. The fraction of sp³-hybridized carbons (Fsp3) is 0.0909. The summed E-state index contributed by atoms with van der Waals surface area (Å²) in [5.41, 5.74) is 17.7. The molecule has 0 saturated carbocycles. The topological polar surface area (TPSA) is 196 Å². The van der Waals surface area contributed by atoms with Crippen LogP contribution in [0.1, 0.15) is 10.4 Å². The molecule has 9 N–H and O–H groups in total. The van der Waals surface area contributed by atoms with Crippen LogP contribution in [0.4, 0.5) is 23.0 Å². The van der Waals surface area contributed by atoms with Gasteiger partial charge < -0.3 is 37.7 Å². The molecule has 3 rings (SSSR count). The van der Waals surface area contributed by atoms with Gasteiger partial charge in [0.15, 0.2) is 5.75 Å². The number of para-hydroxylation sites is 2. The molecule has 11 heteroatoms. The Labute approximate surface area is 189 Å². The molecule has 2 aromatic carbocycles. The van der Waals surface area contributed by atoms with Crippen LogP contribution in [0.15, 0.2) is 66.7 Å². The predicted molar refractivity (Wildman–Crippen MR) is 124 cm³/mol. The normalized spacial score (nSPS) is 9.73. The van der Waals surface area contributed by atoms with Crippen LogP contribution in [0.5, 0.6) is 5.75 Å². The first kappa shape index (κ1) is 24.6. The fourth-order valence-electron chi connectivity index (χ4n) is 2.32. The molecule has 0 saturated heterocycles. The number of nitrogen functional groups attached to an aromatic ring is 3. The number of esters is 1. The van der Waals surface area contributed by atoms with Gasteiger partial charge in [-0.2, -0.15) is 0 Å². The maximum absolute atomic E-state index is 11.8. The number of amides is 2. The van der Waals surface area contributed by atoms with Crippen LogP contribution in [0, 0.1) is 0 Å². The van der Waals surface area contributed by atoms with Gasteiger partial charge in [0, 0.05) is 5.56 Å². The molecule has 1 aromatic heterocycles. The van der Waals surface area contributed by atoms with Gasteiger partial charge in [-0.3, -0.25) is 9.59 Å². The second kappa shape index (κ2) is 12.3. The van der Waals surface area contributed by atoms with Crippen molar-refractivity contribution in [3.05, 3.63) is 72.3 Å². The molecule has 0 aliphatic rings. The van der Waals surface area contributed by atoms with E-state index >= 15 is 0 Å². The van der Waals surface area contributed by atoms with E-state index in [1.807, 2.05) is 0 Å². The van der Waals surface area contributed by atoms with Gasteiger partial charge in [-0.05, 0) is 36.4 Å². The largest absolute Gasteiger partial charge is 0.423 e. The molecular weight excluding hydrogens is 428 g/mol. The molecular formula is C22H24N6O5. The van der Waals surface area contributed by atoms with E-state index in [1.165, 1.54) is 6.07 Å². The number of nitrogens with one attached hydrogen (secondary N) is 2. The first-order valence-corrected chi connectivity index (χ1v) is 9.61. The lowest BCUT2D eigenvalue weighted by Gasteiger charge is -2.07. The highest BCUT2D eigenvalue weighted by Crippen LogP contribution is 2.19. The second-order valence-electron chi connectivity index (χ2n) is 6.44. The molecule has 0 unspecified atom stereocenters. The van der Waals surface area contributed by atoms with Crippen LogP contribution in [-0.4, -0.2) is 41.0 Å². The molecule has 2 amide bonds. The number of hydrogen-bond donors (Lipinski definition) is 6. The van der Waals surface area contributed by atoms with Gasteiger partial charge in [0.1, 0.15) is 18.2 Å². The van der Waals surface area contributed by atoms with Crippen molar-refractivity contribution < 1.29 is 24.2 Å². The number of aromatic nitrogens is 1. The summed E-state index contributed by atoms with van der Waals surface area (Å²) in [7, 11) is 0. The van der Waals surface area contributed by atoms with E-state index in [2.05, 4.69) is 20.4 Å². The van der Waals surface area contributed by atoms with Crippen LogP contribution in [0.2, 0.25) is 0 Å². The molecule has 172 valence electrons. The van der Waals surface area contributed by atoms with Gasteiger partial charge in [0.25, 0.3) is 5.91 Å². The first-order valence-electron chi connectivity index (χ1n) is 9.61. The van der Waals surface area contributed by atoms with E-state index in [0.29, 0.717) is 16.9 Å². The Bertz CT molecular complexity index is 1110.